The smallest absolute Gasteiger partial charge is 0.252 e. The molecule has 2 aromatic carbocycles. The first-order chi connectivity index (χ1) is 13.7. The van der Waals surface area contributed by atoms with Gasteiger partial charge in [0.05, 0.1) is 5.52 Å². The number of carbonyl (C=O) groups excluding carboxylic acids is 1. The monoisotopic (exact) mass is 375 g/mol. The second-order valence-electron chi connectivity index (χ2n) is 7.08. The average molecular weight is 375 g/mol. The number of anilines is 2. The molecule has 1 amide bonds. The van der Waals surface area contributed by atoms with Gasteiger partial charge >= 0.3 is 0 Å². The van der Waals surface area contributed by atoms with Gasteiger partial charge in [0.1, 0.15) is 11.7 Å². The lowest BCUT2D eigenvalue weighted by molar-refractivity contribution is 0.0862. The molecule has 1 aliphatic carbocycles. The van der Waals surface area contributed by atoms with E-state index in [-0.39, 0.29) is 11.9 Å². The van der Waals surface area contributed by atoms with Crippen LogP contribution in [0.5, 0.6) is 0 Å². The number of aromatic amines is 1. The van der Waals surface area contributed by atoms with E-state index in [9.17, 15) is 9.18 Å². The van der Waals surface area contributed by atoms with E-state index in [0.29, 0.717) is 24.2 Å². The number of aromatic nitrogens is 3. The van der Waals surface area contributed by atoms with Gasteiger partial charge in [0, 0.05) is 23.5 Å². The third-order valence-electron chi connectivity index (χ3n) is 5.12. The van der Waals surface area contributed by atoms with Crippen molar-refractivity contribution < 1.29 is 9.18 Å². The number of pyridine rings is 1. The summed E-state index contributed by atoms with van der Waals surface area (Å²) in [5.74, 6) is 0.486. The summed E-state index contributed by atoms with van der Waals surface area (Å²) >= 11 is 0. The lowest BCUT2D eigenvalue weighted by Crippen LogP contribution is -2.45. The Kier molecular flexibility index (Phi) is 3.93. The van der Waals surface area contributed by atoms with Gasteiger partial charge in [-0.05, 0) is 53.9 Å². The van der Waals surface area contributed by atoms with Crippen LogP contribution in [-0.4, -0.2) is 33.3 Å². The molecule has 0 saturated heterocycles. The zero-order valence-corrected chi connectivity index (χ0v) is 14.9. The van der Waals surface area contributed by atoms with Crippen molar-refractivity contribution >= 4 is 39.2 Å². The molecule has 2 aromatic heterocycles. The van der Waals surface area contributed by atoms with Crippen LogP contribution in [0.1, 0.15) is 23.2 Å². The van der Waals surface area contributed by atoms with Crippen LogP contribution in [-0.2, 0) is 0 Å². The van der Waals surface area contributed by atoms with E-state index in [2.05, 4.69) is 25.8 Å². The average Bonchev–Trinajstić information content (AvgIpc) is 3.09. The predicted molar refractivity (Wildman–Crippen MR) is 107 cm³/mol. The van der Waals surface area contributed by atoms with Gasteiger partial charge in [-0.15, -0.1) is 0 Å². The van der Waals surface area contributed by atoms with Crippen LogP contribution in [0.25, 0.3) is 21.8 Å². The first-order valence-corrected chi connectivity index (χ1v) is 9.21. The molecule has 0 unspecified atom stereocenters. The molecule has 0 atom stereocenters. The number of alkyl halides is 1. The molecule has 6 nitrogen and oxygen atoms in total. The highest BCUT2D eigenvalue weighted by atomic mass is 19.1. The molecular weight excluding hydrogens is 357 g/mol. The summed E-state index contributed by atoms with van der Waals surface area (Å²) in [7, 11) is 0. The molecule has 5 rings (SSSR count). The van der Waals surface area contributed by atoms with E-state index < -0.39 is 6.17 Å². The molecular formula is C21H18FN5O. The van der Waals surface area contributed by atoms with Crippen molar-refractivity contribution in [1.29, 1.82) is 0 Å². The lowest BCUT2D eigenvalue weighted by Gasteiger charge is -2.30. The van der Waals surface area contributed by atoms with Gasteiger partial charge in [-0.3, -0.25) is 14.9 Å². The van der Waals surface area contributed by atoms with E-state index in [4.69, 9.17) is 0 Å². The van der Waals surface area contributed by atoms with Crippen LogP contribution in [0.15, 0.2) is 54.7 Å². The first kappa shape index (κ1) is 16.7. The van der Waals surface area contributed by atoms with Crippen molar-refractivity contribution in [2.24, 2.45) is 0 Å². The highest BCUT2D eigenvalue weighted by Gasteiger charge is 2.30. The Hall–Kier alpha value is -3.48. The minimum absolute atomic E-state index is 0.0702. The van der Waals surface area contributed by atoms with Gasteiger partial charge < -0.3 is 10.6 Å². The van der Waals surface area contributed by atoms with E-state index in [0.717, 1.165) is 27.5 Å². The summed E-state index contributed by atoms with van der Waals surface area (Å²) in [6.45, 7) is 0. The SMILES string of the molecule is O=C(NC1CC(F)C1)c1cccc2cc(Nc3n[nH]c4cccnc34)ccc12. The maximum Gasteiger partial charge on any atom is 0.252 e. The zero-order valence-electron chi connectivity index (χ0n) is 14.9. The summed E-state index contributed by atoms with van der Waals surface area (Å²) in [6, 6.07) is 15.1. The molecule has 1 aliphatic rings. The van der Waals surface area contributed by atoms with E-state index in [1.165, 1.54) is 0 Å². The Balaban J connectivity index is 1.43. The Morgan fingerprint density at radius 2 is 2.04 bits per heavy atom. The first-order valence-electron chi connectivity index (χ1n) is 9.21. The molecule has 3 N–H and O–H groups in total. The Labute approximate surface area is 160 Å². The third kappa shape index (κ3) is 2.94. The van der Waals surface area contributed by atoms with Gasteiger partial charge in [-0.2, -0.15) is 5.10 Å². The van der Waals surface area contributed by atoms with E-state index in [1.54, 1.807) is 12.3 Å². The molecule has 140 valence electrons. The number of hydrogen-bond donors (Lipinski definition) is 3. The summed E-state index contributed by atoms with van der Waals surface area (Å²) in [5.41, 5.74) is 3.07. The van der Waals surface area contributed by atoms with Crippen molar-refractivity contribution in [3.63, 3.8) is 0 Å². The van der Waals surface area contributed by atoms with E-state index >= 15 is 0 Å². The quantitative estimate of drug-likeness (QED) is 0.502. The van der Waals surface area contributed by atoms with Gasteiger partial charge in [0.15, 0.2) is 5.82 Å². The molecule has 1 fully saturated rings. The molecule has 2 heterocycles. The summed E-state index contributed by atoms with van der Waals surface area (Å²) in [5, 5.41) is 15.2. The Morgan fingerprint density at radius 3 is 2.89 bits per heavy atom. The van der Waals surface area contributed by atoms with Gasteiger partial charge in [-0.1, -0.05) is 18.2 Å². The molecule has 28 heavy (non-hydrogen) atoms. The van der Waals surface area contributed by atoms with Crippen molar-refractivity contribution in [3.05, 3.63) is 60.3 Å². The number of nitrogens with zero attached hydrogens (tertiary/aromatic N) is 2. The summed E-state index contributed by atoms with van der Waals surface area (Å²) < 4.78 is 13.0. The molecule has 7 heteroatoms. The second-order valence-corrected chi connectivity index (χ2v) is 7.08. The predicted octanol–water partition coefficient (Wildman–Crippen LogP) is 4.09. The number of nitrogens with one attached hydrogen (secondary N) is 3. The minimum Gasteiger partial charge on any atom is -0.349 e. The Morgan fingerprint density at radius 1 is 1.14 bits per heavy atom. The van der Waals surface area contributed by atoms with Crippen LogP contribution in [0, 0.1) is 0 Å². The fraction of sp³-hybridized carbons (Fsp3) is 0.190. The number of hydrogen-bond acceptors (Lipinski definition) is 4. The van der Waals surface area contributed by atoms with Crippen LogP contribution in [0.4, 0.5) is 15.9 Å². The molecule has 0 bridgehead atoms. The molecule has 1 saturated carbocycles. The Bertz CT molecular complexity index is 1180. The number of benzene rings is 2. The number of amides is 1. The van der Waals surface area contributed by atoms with Crippen molar-refractivity contribution in [3.8, 4) is 0 Å². The topological polar surface area (TPSA) is 82.7 Å². The van der Waals surface area contributed by atoms with Gasteiger partial charge in [0.2, 0.25) is 0 Å². The number of fused-ring (bicyclic) bond motifs is 2. The van der Waals surface area contributed by atoms with E-state index in [1.807, 2.05) is 42.5 Å². The lowest BCUT2D eigenvalue weighted by atomic mass is 9.90. The fourth-order valence-corrected chi connectivity index (χ4v) is 3.57. The highest BCUT2D eigenvalue weighted by Crippen LogP contribution is 2.28. The summed E-state index contributed by atoms with van der Waals surface area (Å²) in [6.07, 6.45) is 1.73. The number of halogens is 1. The fourth-order valence-electron chi connectivity index (χ4n) is 3.57. The largest absolute Gasteiger partial charge is 0.349 e. The molecule has 0 spiro atoms. The minimum atomic E-state index is -0.793. The molecule has 4 aromatic rings. The number of carbonyl (C=O) groups is 1. The van der Waals surface area contributed by atoms with Crippen molar-refractivity contribution in [2.45, 2.75) is 25.1 Å². The van der Waals surface area contributed by atoms with Crippen LogP contribution in [0.3, 0.4) is 0 Å². The molecule has 0 aliphatic heterocycles. The number of rotatable bonds is 4. The zero-order chi connectivity index (χ0) is 19.1. The molecule has 0 radical (unpaired) electrons. The third-order valence-corrected chi connectivity index (χ3v) is 5.12. The van der Waals surface area contributed by atoms with Crippen LogP contribution in [0.2, 0.25) is 0 Å². The second kappa shape index (κ2) is 6.60. The standard InChI is InChI=1S/C21H18FN5O/c22-13-10-15(11-13)25-21(28)17-4-1-3-12-9-14(6-7-16(12)17)24-20-19-18(26-27-20)5-2-8-23-19/h1-9,13,15H,10-11H2,(H,25,28)(H2,24,26,27). The maximum atomic E-state index is 13.0. The maximum absolute atomic E-state index is 13.0. The van der Waals surface area contributed by atoms with Crippen molar-refractivity contribution in [1.82, 2.24) is 20.5 Å². The van der Waals surface area contributed by atoms with Crippen LogP contribution < -0.4 is 10.6 Å². The van der Waals surface area contributed by atoms with Gasteiger partial charge in [-0.25, -0.2) is 4.39 Å². The highest BCUT2D eigenvalue weighted by molar-refractivity contribution is 6.08. The normalized spacial score (nSPS) is 18.8. The van der Waals surface area contributed by atoms with Crippen molar-refractivity contribution in [2.75, 3.05) is 5.32 Å². The summed E-state index contributed by atoms with van der Waals surface area (Å²) in [4.78, 5) is 16.9. The van der Waals surface area contributed by atoms with Gasteiger partial charge in [0.25, 0.3) is 5.91 Å². The van der Waals surface area contributed by atoms with Crippen LogP contribution >= 0.6 is 0 Å². The number of H-pyrrole nitrogens is 1.